The van der Waals surface area contributed by atoms with Gasteiger partial charge in [-0.05, 0) is 37.0 Å². The molecule has 0 aliphatic heterocycles. The Bertz CT molecular complexity index is 509. The number of urea groups is 1. The summed E-state index contributed by atoms with van der Waals surface area (Å²) in [5.41, 5.74) is 1.83. The molecule has 0 saturated carbocycles. The van der Waals surface area contributed by atoms with E-state index in [1.807, 2.05) is 6.92 Å². The first kappa shape index (κ1) is 16.9. The molecule has 0 spiro atoms. The third kappa shape index (κ3) is 5.06. The van der Waals surface area contributed by atoms with E-state index in [2.05, 4.69) is 5.32 Å². The zero-order valence-corrected chi connectivity index (χ0v) is 12.6. The van der Waals surface area contributed by atoms with Crippen molar-refractivity contribution in [2.45, 2.75) is 33.7 Å². The van der Waals surface area contributed by atoms with Crippen molar-refractivity contribution in [3.05, 3.63) is 34.6 Å². The Morgan fingerprint density at radius 3 is 2.33 bits per heavy atom. The van der Waals surface area contributed by atoms with E-state index < -0.39 is 12.0 Å². The van der Waals surface area contributed by atoms with E-state index >= 15 is 0 Å². The monoisotopic (exact) mass is 296 g/mol. The number of aliphatic carboxylic acids is 1. The highest BCUT2D eigenvalue weighted by Gasteiger charge is 2.15. The molecule has 1 aromatic rings. The Balaban J connectivity index is 2.68. The minimum Gasteiger partial charge on any atom is -0.480 e. The predicted octanol–water partition coefficient (Wildman–Crippen LogP) is 2.45. The number of halogens is 1. The summed E-state index contributed by atoms with van der Waals surface area (Å²) < 4.78 is 13.5. The van der Waals surface area contributed by atoms with Crippen LogP contribution in [0.3, 0.4) is 0 Å². The van der Waals surface area contributed by atoms with Crippen LogP contribution in [-0.2, 0) is 11.3 Å². The van der Waals surface area contributed by atoms with Crippen molar-refractivity contribution in [1.29, 1.82) is 0 Å². The largest absolute Gasteiger partial charge is 0.480 e. The fourth-order valence-electron chi connectivity index (χ4n) is 2.11. The van der Waals surface area contributed by atoms with Gasteiger partial charge in [0, 0.05) is 13.1 Å². The van der Waals surface area contributed by atoms with E-state index in [-0.39, 0.29) is 18.9 Å². The summed E-state index contributed by atoms with van der Waals surface area (Å²) in [5.74, 6) is -1.30. The summed E-state index contributed by atoms with van der Waals surface area (Å²) in [6.45, 7) is 5.49. The zero-order valence-electron chi connectivity index (χ0n) is 12.6. The molecule has 0 fully saturated rings. The lowest BCUT2D eigenvalue weighted by molar-refractivity contribution is -0.137. The van der Waals surface area contributed by atoms with Gasteiger partial charge in [-0.1, -0.05) is 19.1 Å². The summed E-state index contributed by atoms with van der Waals surface area (Å²) in [5, 5.41) is 11.4. The number of rotatable bonds is 6. The molecule has 0 atom stereocenters. The third-order valence-corrected chi connectivity index (χ3v) is 3.05. The number of amides is 2. The van der Waals surface area contributed by atoms with Crippen LogP contribution in [0.2, 0.25) is 0 Å². The molecule has 2 N–H and O–H groups in total. The lowest BCUT2D eigenvalue weighted by Crippen LogP contribution is -2.42. The molecule has 0 heterocycles. The fraction of sp³-hybridized carbons (Fsp3) is 0.467. The number of benzene rings is 1. The van der Waals surface area contributed by atoms with E-state index in [9.17, 15) is 14.0 Å². The highest BCUT2D eigenvalue weighted by Crippen LogP contribution is 2.14. The Morgan fingerprint density at radius 2 is 1.86 bits per heavy atom. The smallest absolute Gasteiger partial charge is 0.323 e. The molecule has 2 amide bonds. The summed E-state index contributed by atoms with van der Waals surface area (Å²) in [4.78, 5) is 23.9. The molecule has 1 rings (SSSR count). The number of carboxylic acid groups (broad SMARTS) is 1. The van der Waals surface area contributed by atoms with Crippen molar-refractivity contribution >= 4 is 12.0 Å². The molecule has 116 valence electrons. The molecule has 1 aromatic carbocycles. The van der Waals surface area contributed by atoms with Gasteiger partial charge in [0.1, 0.15) is 12.4 Å². The minimum atomic E-state index is -1.05. The van der Waals surface area contributed by atoms with Crippen LogP contribution in [-0.4, -0.2) is 35.1 Å². The number of nitrogens with one attached hydrogen (secondary N) is 1. The Labute approximate surface area is 123 Å². The van der Waals surface area contributed by atoms with Crippen LogP contribution in [0.1, 0.15) is 30.0 Å². The maximum Gasteiger partial charge on any atom is 0.323 e. The van der Waals surface area contributed by atoms with Crippen LogP contribution in [0.15, 0.2) is 12.1 Å². The molecule has 0 aromatic heterocycles. The van der Waals surface area contributed by atoms with Gasteiger partial charge in [-0.15, -0.1) is 0 Å². The molecular weight excluding hydrogens is 275 g/mol. The average molecular weight is 296 g/mol. The molecule has 0 bridgehead atoms. The van der Waals surface area contributed by atoms with Crippen LogP contribution in [0.5, 0.6) is 0 Å². The number of carboxylic acids is 1. The molecule has 6 heteroatoms. The Morgan fingerprint density at radius 1 is 1.29 bits per heavy atom. The molecular formula is C15H21FN2O3. The van der Waals surface area contributed by atoms with Crippen LogP contribution < -0.4 is 5.32 Å². The number of hydrogen-bond donors (Lipinski definition) is 2. The maximum absolute atomic E-state index is 13.5. The maximum atomic E-state index is 13.5. The molecule has 0 aliphatic carbocycles. The highest BCUT2D eigenvalue weighted by atomic mass is 19.1. The number of hydrogen-bond acceptors (Lipinski definition) is 2. The third-order valence-electron chi connectivity index (χ3n) is 3.05. The summed E-state index contributed by atoms with van der Waals surface area (Å²) in [6.07, 6.45) is 0.676. The quantitative estimate of drug-likeness (QED) is 0.847. The molecule has 0 saturated heterocycles. The van der Waals surface area contributed by atoms with E-state index in [0.29, 0.717) is 24.1 Å². The van der Waals surface area contributed by atoms with Gasteiger partial charge in [0.15, 0.2) is 0 Å². The molecule has 5 nitrogen and oxygen atoms in total. The van der Waals surface area contributed by atoms with Crippen molar-refractivity contribution in [2.24, 2.45) is 0 Å². The molecule has 21 heavy (non-hydrogen) atoms. The Hall–Kier alpha value is -2.11. The summed E-state index contributed by atoms with van der Waals surface area (Å²) in [7, 11) is 0. The number of carbonyl (C=O) groups excluding carboxylic acids is 1. The standard InChI is InChI=1S/C15H21FN2O3/c1-4-5-18(9-13(19)20)15(21)17-8-12-6-10(2)14(16)11(3)7-12/h6-7H,4-5,8-9H2,1-3H3,(H,17,21)(H,19,20). The van der Waals surface area contributed by atoms with Gasteiger partial charge in [-0.25, -0.2) is 9.18 Å². The van der Waals surface area contributed by atoms with Gasteiger partial charge in [0.2, 0.25) is 0 Å². The number of carbonyl (C=O) groups is 2. The van der Waals surface area contributed by atoms with Crippen LogP contribution in [0, 0.1) is 19.7 Å². The number of aryl methyl sites for hydroxylation is 2. The first-order valence-corrected chi connectivity index (χ1v) is 6.85. The lowest BCUT2D eigenvalue weighted by atomic mass is 10.1. The van der Waals surface area contributed by atoms with Crippen molar-refractivity contribution in [3.63, 3.8) is 0 Å². The zero-order chi connectivity index (χ0) is 16.0. The van der Waals surface area contributed by atoms with E-state index in [1.54, 1.807) is 26.0 Å². The van der Waals surface area contributed by atoms with E-state index in [1.165, 1.54) is 4.90 Å². The van der Waals surface area contributed by atoms with Crippen LogP contribution in [0.25, 0.3) is 0 Å². The number of nitrogens with zero attached hydrogens (tertiary/aromatic N) is 1. The SMILES string of the molecule is CCCN(CC(=O)O)C(=O)NCc1cc(C)c(F)c(C)c1. The van der Waals surface area contributed by atoms with Gasteiger partial charge in [-0.3, -0.25) is 4.79 Å². The van der Waals surface area contributed by atoms with Crippen molar-refractivity contribution < 1.29 is 19.1 Å². The van der Waals surface area contributed by atoms with Crippen molar-refractivity contribution in [1.82, 2.24) is 10.2 Å². The van der Waals surface area contributed by atoms with E-state index in [4.69, 9.17) is 5.11 Å². The molecule has 0 unspecified atom stereocenters. The predicted molar refractivity (Wildman–Crippen MR) is 77.6 cm³/mol. The lowest BCUT2D eigenvalue weighted by Gasteiger charge is -2.20. The summed E-state index contributed by atoms with van der Waals surface area (Å²) >= 11 is 0. The first-order valence-electron chi connectivity index (χ1n) is 6.85. The normalized spacial score (nSPS) is 10.3. The fourth-order valence-corrected chi connectivity index (χ4v) is 2.11. The minimum absolute atomic E-state index is 0.237. The van der Waals surface area contributed by atoms with Crippen molar-refractivity contribution in [2.75, 3.05) is 13.1 Å². The van der Waals surface area contributed by atoms with Crippen LogP contribution >= 0.6 is 0 Å². The van der Waals surface area contributed by atoms with Gasteiger partial charge >= 0.3 is 12.0 Å². The Kier molecular flexibility index (Phi) is 6.14. The van der Waals surface area contributed by atoms with Gasteiger partial charge < -0.3 is 15.3 Å². The van der Waals surface area contributed by atoms with E-state index in [0.717, 1.165) is 5.56 Å². The second-order valence-electron chi connectivity index (χ2n) is 5.02. The van der Waals surface area contributed by atoms with Crippen LogP contribution in [0.4, 0.5) is 9.18 Å². The van der Waals surface area contributed by atoms with Gasteiger partial charge in [-0.2, -0.15) is 0 Å². The molecule has 0 aliphatic rings. The summed E-state index contributed by atoms with van der Waals surface area (Å²) in [6, 6.07) is 2.91. The molecule has 0 radical (unpaired) electrons. The topological polar surface area (TPSA) is 69.6 Å². The second kappa shape index (κ2) is 7.61. The van der Waals surface area contributed by atoms with Crippen molar-refractivity contribution in [3.8, 4) is 0 Å². The highest BCUT2D eigenvalue weighted by molar-refractivity contribution is 5.80. The average Bonchev–Trinajstić information content (AvgIpc) is 2.41. The first-order chi connectivity index (χ1) is 9.85. The second-order valence-corrected chi connectivity index (χ2v) is 5.02. The van der Waals surface area contributed by atoms with Gasteiger partial charge in [0.25, 0.3) is 0 Å². The van der Waals surface area contributed by atoms with Gasteiger partial charge in [0.05, 0.1) is 0 Å².